The quantitative estimate of drug-likeness (QED) is 0.627. The van der Waals surface area contributed by atoms with Gasteiger partial charge in [0.25, 0.3) is 0 Å². The summed E-state index contributed by atoms with van der Waals surface area (Å²) < 4.78 is 0. The molecule has 0 saturated heterocycles. The summed E-state index contributed by atoms with van der Waals surface area (Å²) in [6.45, 7) is 9.45. The second kappa shape index (κ2) is 5.51. The van der Waals surface area contributed by atoms with Crippen LogP contribution in [0.4, 0.5) is 0 Å². The molecule has 1 aliphatic carbocycles. The van der Waals surface area contributed by atoms with E-state index in [-0.39, 0.29) is 0 Å². The van der Waals surface area contributed by atoms with Crippen molar-refractivity contribution in [3.8, 4) is 0 Å². The van der Waals surface area contributed by atoms with E-state index in [1.165, 1.54) is 24.8 Å². The highest BCUT2D eigenvalue weighted by Gasteiger charge is 2.35. The molecule has 0 heterocycles. The Balaban J connectivity index is 2.09. The zero-order chi connectivity index (χ0) is 13.2. The maximum absolute atomic E-state index is 2.64. The van der Waals surface area contributed by atoms with Gasteiger partial charge in [-0.2, -0.15) is 0 Å². The fraction of sp³-hybridized carbons (Fsp3) is 0.647. The molecule has 0 bridgehead atoms. The summed E-state index contributed by atoms with van der Waals surface area (Å²) in [5, 5.41) is 0.349. The summed E-state index contributed by atoms with van der Waals surface area (Å²) in [5.74, 6) is 2.24. The zero-order valence-electron chi connectivity index (χ0n) is 12.3. The molecule has 0 nitrogen and oxygen atoms in total. The second-order valence-corrected chi connectivity index (χ2v) is 6.75. The van der Waals surface area contributed by atoms with Gasteiger partial charge in [-0.15, -0.1) is 0 Å². The van der Waals surface area contributed by atoms with Crippen LogP contribution in [0.5, 0.6) is 0 Å². The van der Waals surface area contributed by atoms with Gasteiger partial charge < -0.3 is 0 Å². The van der Waals surface area contributed by atoms with Gasteiger partial charge in [-0.25, -0.2) is 0 Å². The lowest BCUT2D eigenvalue weighted by atomic mass is 9.41. The molecule has 1 aromatic carbocycles. The molecule has 97 valence electrons. The molecule has 2 atom stereocenters. The summed E-state index contributed by atoms with van der Waals surface area (Å²) in [7, 11) is 2.64. The van der Waals surface area contributed by atoms with Gasteiger partial charge in [-0.05, 0) is 23.8 Å². The summed E-state index contributed by atoms with van der Waals surface area (Å²) in [6.07, 6.45) is 4.12. The summed E-state index contributed by atoms with van der Waals surface area (Å²) in [4.78, 5) is 0. The number of rotatable bonds is 4. The Morgan fingerprint density at radius 3 is 2.39 bits per heavy atom. The first kappa shape index (κ1) is 13.7. The van der Waals surface area contributed by atoms with E-state index in [2.05, 4.69) is 65.3 Å². The van der Waals surface area contributed by atoms with Crippen LogP contribution in [0.15, 0.2) is 30.3 Å². The Bertz CT molecular complexity index is 366. The molecule has 0 aromatic heterocycles. The minimum atomic E-state index is 0.349. The standard InChI is InChI=1S/C17H26B/c1-13(2)17(3,4)18-16-12-8-11-15(16)14-9-6-5-7-10-14/h5-7,9-10,13,15-16H,8,11-12H2,1-4H3/t15-,16+/m0/s1. The topological polar surface area (TPSA) is 0 Å². The van der Waals surface area contributed by atoms with Crippen LogP contribution >= 0.6 is 0 Å². The van der Waals surface area contributed by atoms with Crippen LogP contribution in [-0.4, -0.2) is 7.28 Å². The Kier molecular flexibility index (Phi) is 4.19. The van der Waals surface area contributed by atoms with Crippen molar-refractivity contribution in [1.82, 2.24) is 0 Å². The highest BCUT2D eigenvalue weighted by Crippen LogP contribution is 2.48. The molecule has 18 heavy (non-hydrogen) atoms. The molecule has 0 unspecified atom stereocenters. The third kappa shape index (κ3) is 2.99. The highest BCUT2D eigenvalue weighted by molar-refractivity contribution is 6.42. The van der Waals surface area contributed by atoms with E-state index in [1.807, 2.05) is 0 Å². The van der Waals surface area contributed by atoms with Crippen LogP contribution < -0.4 is 0 Å². The van der Waals surface area contributed by atoms with Gasteiger partial charge in [0.2, 0.25) is 0 Å². The first-order valence-corrected chi connectivity index (χ1v) is 7.41. The van der Waals surface area contributed by atoms with Crippen LogP contribution in [0.1, 0.15) is 58.4 Å². The van der Waals surface area contributed by atoms with Crippen LogP contribution in [0.3, 0.4) is 0 Å². The lowest BCUT2D eigenvalue weighted by Crippen LogP contribution is -2.24. The first-order valence-electron chi connectivity index (χ1n) is 7.41. The summed E-state index contributed by atoms with van der Waals surface area (Å²) >= 11 is 0. The molecule has 0 amide bonds. The Morgan fingerprint density at radius 1 is 1.11 bits per heavy atom. The molecule has 1 radical (unpaired) electrons. The van der Waals surface area contributed by atoms with Gasteiger partial charge in [-0.1, -0.05) is 82.0 Å². The van der Waals surface area contributed by atoms with Crippen LogP contribution in [0, 0.1) is 5.92 Å². The van der Waals surface area contributed by atoms with Gasteiger partial charge in [-0.3, -0.25) is 0 Å². The normalized spacial score (nSPS) is 24.5. The SMILES string of the molecule is CC(C)C(C)(C)[B][C@@H]1CCC[C@H]1c1ccccc1. The van der Waals surface area contributed by atoms with E-state index in [4.69, 9.17) is 0 Å². The van der Waals surface area contributed by atoms with Crippen molar-refractivity contribution < 1.29 is 0 Å². The van der Waals surface area contributed by atoms with Gasteiger partial charge in [0.1, 0.15) is 7.28 Å². The Hall–Kier alpha value is -0.715. The molecule has 1 saturated carbocycles. The van der Waals surface area contributed by atoms with Gasteiger partial charge in [0, 0.05) is 0 Å². The first-order chi connectivity index (χ1) is 8.50. The molecule has 1 aromatic rings. The molecule has 0 N–H and O–H groups in total. The molecular formula is C17H26B. The lowest BCUT2D eigenvalue weighted by molar-refractivity contribution is 0.465. The van der Waals surface area contributed by atoms with Crippen molar-refractivity contribution in [1.29, 1.82) is 0 Å². The third-order valence-electron chi connectivity index (χ3n) is 4.93. The highest BCUT2D eigenvalue weighted by atomic mass is 14.3. The van der Waals surface area contributed by atoms with Crippen molar-refractivity contribution in [2.75, 3.05) is 0 Å². The third-order valence-corrected chi connectivity index (χ3v) is 4.93. The van der Waals surface area contributed by atoms with Crippen molar-refractivity contribution in [2.24, 2.45) is 5.92 Å². The van der Waals surface area contributed by atoms with E-state index in [0.717, 1.165) is 17.7 Å². The fourth-order valence-corrected chi connectivity index (χ4v) is 3.05. The lowest BCUT2D eigenvalue weighted by Gasteiger charge is -2.33. The van der Waals surface area contributed by atoms with Crippen LogP contribution in [-0.2, 0) is 0 Å². The molecule has 2 rings (SSSR count). The van der Waals surface area contributed by atoms with Crippen molar-refractivity contribution >= 4 is 7.28 Å². The minimum absolute atomic E-state index is 0.349. The molecule has 0 spiro atoms. The largest absolute Gasteiger partial charge is 0.122 e. The predicted molar refractivity (Wildman–Crippen MR) is 81.4 cm³/mol. The zero-order valence-corrected chi connectivity index (χ0v) is 12.3. The van der Waals surface area contributed by atoms with Crippen molar-refractivity contribution in [2.45, 2.75) is 64.0 Å². The van der Waals surface area contributed by atoms with Crippen LogP contribution in [0.2, 0.25) is 11.1 Å². The van der Waals surface area contributed by atoms with Crippen LogP contribution in [0.25, 0.3) is 0 Å². The van der Waals surface area contributed by atoms with Gasteiger partial charge >= 0.3 is 0 Å². The average molecular weight is 241 g/mol. The Labute approximate surface area is 113 Å². The van der Waals surface area contributed by atoms with Crippen molar-refractivity contribution in [3.05, 3.63) is 35.9 Å². The molecule has 1 fully saturated rings. The number of hydrogen-bond acceptors (Lipinski definition) is 0. The van der Waals surface area contributed by atoms with Gasteiger partial charge in [0.05, 0.1) is 0 Å². The monoisotopic (exact) mass is 241 g/mol. The Morgan fingerprint density at radius 2 is 1.78 bits per heavy atom. The number of benzene rings is 1. The molecule has 1 heteroatoms. The van der Waals surface area contributed by atoms with Gasteiger partial charge in [0.15, 0.2) is 0 Å². The minimum Gasteiger partial charge on any atom is -0.0669 e. The number of hydrogen-bond donors (Lipinski definition) is 0. The average Bonchev–Trinajstić information content (AvgIpc) is 2.77. The summed E-state index contributed by atoms with van der Waals surface area (Å²) in [5.41, 5.74) is 1.54. The molecular weight excluding hydrogens is 215 g/mol. The fourth-order valence-electron chi connectivity index (χ4n) is 3.05. The molecule has 0 aliphatic heterocycles. The maximum atomic E-state index is 2.64. The maximum Gasteiger partial charge on any atom is 0.122 e. The van der Waals surface area contributed by atoms with E-state index < -0.39 is 0 Å². The smallest absolute Gasteiger partial charge is 0.0669 e. The van der Waals surface area contributed by atoms with E-state index in [1.54, 1.807) is 0 Å². The van der Waals surface area contributed by atoms with E-state index >= 15 is 0 Å². The van der Waals surface area contributed by atoms with Crippen molar-refractivity contribution in [3.63, 3.8) is 0 Å². The second-order valence-electron chi connectivity index (χ2n) is 6.75. The van der Waals surface area contributed by atoms with E-state index in [0.29, 0.717) is 5.31 Å². The van der Waals surface area contributed by atoms with E-state index in [9.17, 15) is 0 Å². The molecule has 1 aliphatic rings. The summed E-state index contributed by atoms with van der Waals surface area (Å²) in [6, 6.07) is 11.1. The predicted octanol–water partition coefficient (Wildman–Crippen LogP) is 5.30.